The van der Waals surface area contributed by atoms with Crippen molar-refractivity contribution in [1.29, 1.82) is 0 Å². The molecular formula is C24H46O6. The van der Waals surface area contributed by atoms with Crippen LogP contribution in [0.5, 0.6) is 0 Å². The van der Waals surface area contributed by atoms with E-state index >= 15 is 0 Å². The number of carbonyl (C=O) groups excluding carboxylic acids is 2. The van der Waals surface area contributed by atoms with Gasteiger partial charge in [-0.2, -0.15) is 0 Å². The van der Waals surface area contributed by atoms with Gasteiger partial charge in [0.05, 0.1) is 0 Å². The molecule has 2 atom stereocenters. The summed E-state index contributed by atoms with van der Waals surface area (Å²) >= 11 is 0. The monoisotopic (exact) mass is 430 g/mol. The Morgan fingerprint density at radius 2 is 1.07 bits per heavy atom. The van der Waals surface area contributed by atoms with Crippen molar-refractivity contribution in [1.82, 2.24) is 0 Å². The summed E-state index contributed by atoms with van der Waals surface area (Å²) in [6.07, 6.45) is 17.2. The number of ether oxygens (including phenoxy) is 2. The maximum atomic E-state index is 11.6. The number of esters is 2. The molecule has 1 unspecified atom stereocenters. The molecule has 0 aliphatic carbocycles. The summed E-state index contributed by atoms with van der Waals surface area (Å²) in [5.41, 5.74) is 0. The second-order valence-corrected chi connectivity index (χ2v) is 8.34. The minimum absolute atomic E-state index is 0.204. The Hall–Kier alpha value is -1.14. The van der Waals surface area contributed by atoms with Crippen LogP contribution in [0.2, 0.25) is 0 Å². The summed E-state index contributed by atoms with van der Waals surface area (Å²) in [7, 11) is 0. The molecule has 0 aromatic carbocycles. The summed E-state index contributed by atoms with van der Waals surface area (Å²) in [6, 6.07) is 0. The van der Waals surface area contributed by atoms with E-state index in [9.17, 15) is 14.7 Å². The molecule has 0 aromatic heterocycles. The molecule has 0 aliphatic heterocycles. The molecule has 6 nitrogen and oxygen atoms in total. The van der Waals surface area contributed by atoms with E-state index in [2.05, 4.69) is 11.7 Å². The van der Waals surface area contributed by atoms with Gasteiger partial charge in [-0.15, -0.1) is 0 Å². The zero-order valence-electron chi connectivity index (χ0n) is 19.4. The lowest BCUT2D eigenvalue weighted by molar-refractivity contribution is -0.158. The first-order valence-electron chi connectivity index (χ1n) is 12.2. The van der Waals surface area contributed by atoms with Crippen LogP contribution < -0.4 is 0 Å². The molecule has 0 rings (SSSR count). The first-order valence-corrected chi connectivity index (χ1v) is 12.2. The molecule has 0 fully saturated rings. The lowest BCUT2D eigenvalue weighted by atomic mass is 10.0. The van der Waals surface area contributed by atoms with Crippen LogP contribution in [0.1, 0.15) is 117 Å². The molecule has 0 bridgehead atoms. The highest BCUT2D eigenvalue weighted by Crippen LogP contribution is 2.13. The summed E-state index contributed by atoms with van der Waals surface area (Å²) in [5.74, 6) is -1.15. The van der Waals surface area contributed by atoms with Crippen molar-refractivity contribution in [2.24, 2.45) is 0 Å². The fourth-order valence-electron chi connectivity index (χ4n) is 3.25. The fraction of sp³-hybridized carbons (Fsp3) is 0.917. The highest BCUT2D eigenvalue weighted by Gasteiger charge is 2.14. The third-order valence-electron chi connectivity index (χ3n) is 5.18. The number of hydrogen-bond donors (Lipinski definition) is 2. The Morgan fingerprint density at radius 1 is 0.667 bits per heavy atom. The van der Waals surface area contributed by atoms with Crippen LogP contribution in [0.4, 0.5) is 0 Å². The summed E-state index contributed by atoms with van der Waals surface area (Å²) < 4.78 is 9.63. The number of unbranched alkanes of at least 4 members (excludes halogenated alkanes) is 14. The third kappa shape index (κ3) is 20.1. The van der Waals surface area contributed by atoms with E-state index in [1.54, 1.807) is 0 Å². The Morgan fingerprint density at radius 3 is 1.50 bits per heavy atom. The van der Waals surface area contributed by atoms with Gasteiger partial charge in [-0.3, -0.25) is 4.79 Å². The summed E-state index contributed by atoms with van der Waals surface area (Å²) in [5, 5.41) is 18.6. The second-order valence-electron chi connectivity index (χ2n) is 8.34. The van der Waals surface area contributed by atoms with Gasteiger partial charge >= 0.3 is 11.9 Å². The molecule has 178 valence electrons. The Balaban J connectivity index is 3.32. The molecule has 6 heteroatoms. The molecule has 2 N–H and O–H groups in total. The van der Waals surface area contributed by atoms with Crippen molar-refractivity contribution in [2.45, 2.75) is 129 Å². The largest absolute Gasteiger partial charge is 0.463 e. The van der Waals surface area contributed by atoms with Gasteiger partial charge in [0.15, 0.2) is 0 Å². The van der Waals surface area contributed by atoms with Crippen LogP contribution in [-0.4, -0.2) is 47.6 Å². The summed E-state index contributed by atoms with van der Waals surface area (Å²) in [6.45, 7) is 3.04. The first-order chi connectivity index (χ1) is 14.5. The predicted molar refractivity (Wildman–Crippen MR) is 119 cm³/mol. The fourth-order valence-corrected chi connectivity index (χ4v) is 3.25. The van der Waals surface area contributed by atoms with Gasteiger partial charge in [-0.25, -0.2) is 4.79 Å². The van der Waals surface area contributed by atoms with E-state index in [0.717, 1.165) is 19.3 Å². The average Bonchev–Trinajstić information content (AvgIpc) is 2.73. The predicted octanol–water partition coefficient (Wildman–Crippen LogP) is 5.08. The topological polar surface area (TPSA) is 93.1 Å². The van der Waals surface area contributed by atoms with Crippen LogP contribution in [0, 0.1) is 0 Å². The summed E-state index contributed by atoms with van der Waals surface area (Å²) in [4.78, 5) is 22.7. The maximum absolute atomic E-state index is 11.6. The van der Waals surface area contributed by atoms with Crippen LogP contribution >= 0.6 is 0 Å². The smallest absolute Gasteiger partial charge is 0.334 e. The maximum Gasteiger partial charge on any atom is 0.334 e. The van der Waals surface area contributed by atoms with Crippen molar-refractivity contribution >= 4 is 11.9 Å². The molecule has 0 radical (unpaired) electrons. The molecule has 0 spiro atoms. The van der Waals surface area contributed by atoms with Crippen LogP contribution in [-0.2, 0) is 19.1 Å². The minimum Gasteiger partial charge on any atom is -0.463 e. The van der Waals surface area contributed by atoms with Gasteiger partial charge in [0, 0.05) is 6.42 Å². The Labute approximate surface area is 183 Å². The Bertz CT molecular complexity index is 411. The van der Waals surface area contributed by atoms with E-state index in [1.807, 2.05) is 0 Å². The van der Waals surface area contributed by atoms with E-state index < -0.39 is 18.2 Å². The number of hydrogen-bond acceptors (Lipinski definition) is 6. The molecule has 0 aliphatic rings. The zero-order chi connectivity index (χ0) is 22.5. The van der Waals surface area contributed by atoms with Crippen molar-refractivity contribution in [3.05, 3.63) is 0 Å². The van der Waals surface area contributed by atoms with Crippen molar-refractivity contribution in [3.8, 4) is 0 Å². The van der Waals surface area contributed by atoms with Gasteiger partial charge in [0.1, 0.15) is 25.4 Å². The van der Waals surface area contributed by atoms with Gasteiger partial charge in [0.2, 0.25) is 0 Å². The Kier molecular flexibility index (Phi) is 20.3. The molecule has 0 heterocycles. The number of rotatable bonds is 21. The van der Waals surface area contributed by atoms with E-state index in [4.69, 9.17) is 9.84 Å². The highest BCUT2D eigenvalue weighted by atomic mass is 16.6. The highest BCUT2D eigenvalue weighted by molar-refractivity contribution is 5.73. The van der Waals surface area contributed by atoms with Crippen molar-refractivity contribution < 1.29 is 29.3 Å². The molecule has 0 aromatic rings. The quantitative estimate of drug-likeness (QED) is 0.195. The molecule has 0 saturated heterocycles. The van der Waals surface area contributed by atoms with Gasteiger partial charge < -0.3 is 19.7 Å². The van der Waals surface area contributed by atoms with E-state index in [0.29, 0.717) is 6.42 Å². The third-order valence-corrected chi connectivity index (χ3v) is 5.18. The number of aliphatic hydroxyl groups is 2. The molecule has 30 heavy (non-hydrogen) atoms. The SMILES string of the molecule is CCCCCCCCCCCCCCCCCC(=O)OCC(O)COC(=O)[C@H](C)O. The number of aliphatic hydroxyl groups excluding tert-OH is 2. The standard InChI is InChI=1S/C24H46O6/c1-3-4-5-6-7-8-9-10-11-12-13-14-15-16-17-18-23(27)29-19-22(26)20-30-24(28)21(2)25/h21-22,25-26H,3-20H2,1-2H3/t21-,22?/m0/s1. The lowest BCUT2D eigenvalue weighted by Crippen LogP contribution is -2.28. The van der Waals surface area contributed by atoms with E-state index in [1.165, 1.54) is 84.0 Å². The first kappa shape index (κ1) is 28.9. The zero-order valence-corrected chi connectivity index (χ0v) is 19.4. The van der Waals surface area contributed by atoms with Crippen molar-refractivity contribution in [3.63, 3.8) is 0 Å². The van der Waals surface area contributed by atoms with Gasteiger partial charge in [0.25, 0.3) is 0 Å². The van der Waals surface area contributed by atoms with Gasteiger partial charge in [-0.05, 0) is 13.3 Å². The minimum atomic E-state index is -1.23. The van der Waals surface area contributed by atoms with Gasteiger partial charge in [-0.1, -0.05) is 96.8 Å². The lowest BCUT2D eigenvalue weighted by Gasteiger charge is -2.12. The van der Waals surface area contributed by atoms with Crippen LogP contribution in [0.3, 0.4) is 0 Å². The van der Waals surface area contributed by atoms with E-state index in [-0.39, 0.29) is 19.2 Å². The number of carbonyl (C=O) groups is 2. The van der Waals surface area contributed by atoms with Crippen LogP contribution in [0.15, 0.2) is 0 Å². The molecule has 0 amide bonds. The average molecular weight is 431 g/mol. The molecule has 0 saturated carbocycles. The second kappa shape index (κ2) is 21.1. The van der Waals surface area contributed by atoms with Crippen LogP contribution in [0.25, 0.3) is 0 Å². The van der Waals surface area contributed by atoms with Crippen molar-refractivity contribution in [2.75, 3.05) is 13.2 Å². The normalized spacial score (nSPS) is 13.1. The molecular weight excluding hydrogens is 384 g/mol.